The number of aliphatic hydroxyl groups is 5. The Hall–Kier alpha value is -0.530. The van der Waals surface area contributed by atoms with Crippen LogP contribution in [-0.4, -0.2) is 62.3 Å². The number of rotatable bonds is 5. The summed E-state index contributed by atoms with van der Waals surface area (Å²) >= 11 is 0. The van der Waals surface area contributed by atoms with Crippen molar-refractivity contribution in [3.8, 4) is 0 Å². The van der Waals surface area contributed by atoms with Crippen molar-refractivity contribution in [3.05, 3.63) is 0 Å². The number of carbonyl (C=O) groups is 1. The van der Waals surface area contributed by atoms with Gasteiger partial charge in [0, 0.05) is 0 Å². The van der Waals surface area contributed by atoms with Crippen LogP contribution in [0.1, 0.15) is 6.92 Å². The topological polar surface area (TPSA) is 118 Å². The lowest BCUT2D eigenvalue weighted by Gasteiger charge is -2.23. The van der Waals surface area contributed by atoms with Gasteiger partial charge in [0.05, 0.1) is 6.10 Å². The number of hydrogen-bond donors (Lipinski definition) is 5. The Bertz CT molecular complexity index is 168. The number of hydrogen-bond acceptors (Lipinski definition) is 6. The molecular formula is C7H14O6. The van der Waals surface area contributed by atoms with Gasteiger partial charge in [-0.05, 0) is 6.92 Å². The van der Waals surface area contributed by atoms with Crippen LogP contribution in [0.2, 0.25) is 0 Å². The first kappa shape index (κ1) is 12.5. The maximum atomic E-state index is 10.6. The van der Waals surface area contributed by atoms with Crippen LogP contribution in [0.4, 0.5) is 0 Å². The Morgan fingerprint density at radius 3 is 1.92 bits per heavy atom. The first-order chi connectivity index (χ1) is 5.91. The fourth-order valence-corrected chi connectivity index (χ4v) is 0.756. The monoisotopic (exact) mass is 194 g/mol. The minimum Gasteiger partial charge on any atom is -0.391 e. The number of ketones is 1. The summed E-state index contributed by atoms with van der Waals surface area (Å²) in [6.07, 6.45) is -6.56. The first-order valence-corrected chi connectivity index (χ1v) is 3.77. The second-order valence-corrected chi connectivity index (χ2v) is 2.79. The van der Waals surface area contributed by atoms with E-state index in [9.17, 15) is 4.79 Å². The van der Waals surface area contributed by atoms with Crippen molar-refractivity contribution < 1.29 is 30.3 Å². The van der Waals surface area contributed by atoms with Gasteiger partial charge >= 0.3 is 0 Å². The van der Waals surface area contributed by atoms with E-state index in [1.54, 1.807) is 0 Å². The van der Waals surface area contributed by atoms with Crippen molar-refractivity contribution in [2.24, 2.45) is 0 Å². The lowest BCUT2D eigenvalue weighted by Crippen LogP contribution is -2.47. The lowest BCUT2D eigenvalue weighted by atomic mass is 10.0. The third-order valence-corrected chi connectivity index (χ3v) is 1.65. The first-order valence-electron chi connectivity index (χ1n) is 3.77. The van der Waals surface area contributed by atoms with Crippen LogP contribution in [0.15, 0.2) is 0 Å². The summed E-state index contributed by atoms with van der Waals surface area (Å²) in [5.41, 5.74) is 0. The highest BCUT2D eigenvalue weighted by Crippen LogP contribution is 2.05. The zero-order chi connectivity index (χ0) is 10.6. The molecule has 0 aromatic carbocycles. The van der Waals surface area contributed by atoms with E-state index in [0.29, 0.717) is 0 Å². The zero-order valence-electron chi connectivity index (χ0n) is 7.16. The van der Waals surface area contributed by atoms with Crippen LogP contribution in [-0.2, 0) is 4.79 Å². The maximum Gasteiger partial charge on any atom is 0.189 e. The standard InChI is InChI=1S/C7H14O6/c1-3(9)5(11)7(13)6(12)4(10)2-8/h3,5-9,11-13H,2H2,1H3/t3-,5+,6+,7-/m1/s1. The van der Waals surface area contributed by atoms with E-state index in [-0.39, 0.29) is 0 Å². The molecule has 0 spiro atoms. The minimum atomic E-state index is -1.88. The quantitative estimate of drug-likeness (QED) is 0.318. The van der Waals surface area contributed by atoms with Crippen molar-refractivity contribution in [1.82, 2.24) is 0 Å². The van der Waals surface area contributed by atoms with Crippen LogP contribution in [0.25, 0.3) is 0 Å². The van der Waals surface area contributed by atoms with Gasteiger partial charge in [0.15, 0.2) is 5.78 Å². The molecule has 0 rings (SSSR count). The van der Waals surface area contributed by atoms with E-state index in [4.69, 9.17) is 25.5 Å². The van der Waals surface area contributed by atoms with Gasteiger partial charge in [0.2, 0.25) is 0 Å². The average molecular weight is 194 g/mol. The van der Waals surface area contributed by atoms with Crippen molar-refractivity contribution in [2.75, 3.05) is 6.61 Å². The predicted molar refractivity (Wildman–Crippen MR) is 41.8 cm³/mol. The Kier molecular flexibility index (Phi) is 5.04. The van der Waals surface area contributed by atoms with Crippen molar-refractivity contribution in [3.63, 3.8) is 0 Å². The van der Waals surface area contributed by atoms with Gasteiger partial charge < -0.3 is 25.5 Å². The third-order valence-electron chi connectivity index (χ3n) is 1.65. The molecule has 0 heterocycles. The van der Waals surface area contributed by atoms with Crippen LogP contribution < -0.4 is 0 Å². The molecule has 0 amide bonds. The molecule has 0 aromatic rings. The Labute approximate surface area is 75.1 Å². The van der Waals surface area contributed by atoms with Gasteiger partial charge in [-0.25, -0.2) is 0 Å². The highest BCUT2D eigenvalue weighted by molar-refractivity contribution is 5.84. The van der Waals surface area contributed by atoms with Gasteiger partial charge in [-0.1, -0.05) is 0 Å². The molecule has 5 N–H and O–H groups in total. The maximum absolute atomic E-state index is 10.6. The summed E-state index contributed by atoms with van der Waals surface area (Å²) < 4.78 is 0. The molecular weight excluding hydrogens is 180 g/mol. The fourth-order valence-electron chi connectivity index (χ4n) is 0.756. The van der Waals surface area contributed by atoms with Gasteiger partial charge in [-0.2, -0.15) is 0 Å². The SMILES string of the molecule is C[C@@H](O)[C@H](O)[C@@H](O)[C@@H](O)C(=O)CO. The van der Waals surface area contributed by atoms with Crippen molar-refractivity contribution >= 4 is 5.78 Å². The summed E-state index contributed by atoms with van der Waals surface area (Å²) in [6.45, 7) is 0.273. The summed E-state index contributed by atoms with van der Waals surface area (Å²) in [5, 5.41) is 44.2. The number of aliphatic hydroxyl groups excluding tert-OH is 5. The smallest absolute Gasteiger partial charge is 0.189 e. The molecule has 0 fully saturated rings. The molecule has 6 heteroatoms. The van der Waals surface area contributed by atoms with Gasteiger partial charge in [-0.3, -0.25) is 4.79 Å². The van der Waals surface area contributed by atoms with Gasteiger partial charge in [0.25, 0.3) is 0 Å². The fraction of sp³-hybridized carbons (Fsp3) is 0.857. The second kappa shape index (κ2) is 5.25. The summed E-state index contributed by atoms with van der Waals surface area (Å²) in [4.78, 5) is 10.6. The van der Waals surface area contributed by atoms with Gasteiger partial charge in [-0.15, -0.1) is 0 Å². The molecule has 0 saturated carbocycles. The number of carbonyl (C=O) groups excluding carboxylic acids is 1. The zero-order valence-corrected chi connectivity index (χ0v) is 7.16. The molecule has 13 heavy (non-hydrogen) atoms. The summed E-state index contributed by atoms with van der Waals surface area (Å²) in [7, 11) is 0. The molecule has 0 aliphatic carbocycles. The van der Waals surface area contributed by atoms with Crippen molar-refractivity contribution in [2.45, 2.75) is 31.3 Å². The molecule has 4 atom stereocenters. The number of Topliss-reactive ketones (excluding diaryl/α,β-unsaturated/α-hetero) is 1. The highest BCUT2D eigenvalue weighted by Gasteiger charge is 2.31. The Morgan fingerprint density at radius 2 is 1.62 bits per heavy atom. The van der Waals surface area contributed by atoms with E-state index in [1.807, 2.05) is 0 Å². The molecule has 0 aromatic heterocycles. The van der Waals surface area contributed by atoms with E-state index in [0.717, 1.165) is 0 Å². The average Bonchev–Trinajstić information content (AvgIpc) is 2.12. The van der Waals surface area contributed by atoms with E-state index < -0.39 is 36.8 Å². The molecule has 6 nitrogen and oxygen atoms in total. The molecule has 0 saturated heterocycles. The molecule has 0 unspecified atom stereocenters. The van der Waals surface area contributed by atoms with E-state index in [2.05, 4.69) is 0 Å². The normalized spacial score (nSPS) is 20.5. The summed E-state index contributed by atoms with van der Waals surface area (Å²) in [6, 6.07) is 0. The van der Waals surface area contributed by atoms with Crippen LogP contribution >= 0.6 is 0 Å². The third kappa shape index (κ3) is 3.37. The molecule has 0 aliphatic rings. The second-order valence-electron chi connectivity index (χ2n) is 2.79. The molecule has 78 valence electrons. The largest absolute Gasteiger partial charge is 0.391 e. The van der Waals surface area contributed by atoms with Gasteiger partial charge in [0.1, 0.15) is 24.9 Å². The lowest BCUT2D eigenvalue weighted by molar-refractivity contribution is -0.146. The Balaban J connectivity index is 4.24. The minimum absolute atomic E-state index is 0.926. The van der Waals surface area contributed by atoms with E-state index in [1.165, 1.54) is 6.92 Å². The molecule has 0 aliphatic heterocycles. The van der Waals surface area contributed by atoms with Crippen LogP contribution in [0.5, 0.6) is 0 Å². The summed E-state index contributed by atoms with van der Waals surface area (Å²) in [5.74, 6) is -1.01. The van der Waals surface area contributed by atoms with Crippen LogP contribution in [0, 0.1) is 0 Å². The predicted octanol–water partition coefficient (Wildman–Crippen LogP) is -2.99. The van der Waals surface area contributed by atoms with Crippen LogP contribution in [0.3, 0.4) is 0 Å². The Morgan fingerprint density at radius 1 is 1.15 bits per heavy atom. The highest BCUT2D eigenvalue weighted by atomic mass is 16.4. The molecule has 0 bridgehead atoms. The van der Waals surface area contributed by atoms with Crippen molar-refractivity contribution in [1.29, 1.82) is 0 Å². The molecule has 0 radical (unpaired) electrons. The van der Waals surface area contributed by atoms with E-state index >= 15 is 0 Å².